The first-order chi connectivity index (χ1) is 14.9. The van der Waals surface area contributed by atoms with Gasteiger partial charge in [0.1, 0.15) is 29.6 Å². The van der Waals surface area contributed by atoms with Gasteiger partial charge in [-0.15, -0.1) is 0 Å². The van der Waals surface area contributed by atoms with E-state index in [9.17, 15) is 4.79 Å². The zero-order chi connectivity index (χ0) is 22.4. The van der Waals surface area contributed by atoms with Gasteiger partial charge in [0.2, 0.25) is 0 Å². The van der Waals surface area contributed by atoms with E-state index in [4.69, 9.17) is 18.9 Å². The second-order valence-electron chi connectivity index (χ2n) is 7.08. The van der Waals surface area contributed by atoms with Crippen molar-refractivity contribution in [2.75, 3.05) is 26.6 Å². The van der Waals surface area contributed by atoms with Gasteiger partial charge in [0.25, 0.3) is 5.91 Å². The number of aryl methyl sites for hydroxylation is 2. The smallest absolute Gasteiger partial charge is 0.255 e. The standard InChI is InChI=1S/C25H27NO5/c1-16-6-8-21(12-17(16)2)31-15-19-13-18(7-11-23(19)29-4)25(27)26-22-10-9-20(28-3)14-24(22)30-5/h6-14H,15H2,1-5H3,(H,26,27). The molecule has 0 heterocycles. The summed E-state index contributed by atoms with van der Waals surface area (Å²) in [5.74, 6) is 2.31. The van der Waals surface area contributed by atoms with E-state index in [1.807, 2.05) is 25.1 Å². The van der Waals surface area contributed by atoms with E-state index >= 15 is 0 Å². The van der Waals surface area contributed by atoms with Gasteiger partial charge in [0.15, 0.2) is 0 Å². The van der Waals surface area contributed by atoms with Gasteiger partial charge in [-0.25, -0.2) is 0 Å². The van der Waals surface area contributed by atoms with Crippen LogP contribution in [0.25, 0.3) is 0 Å². The minimum atomic E-state index is -0.265. The van der Waals surface area contributed by atoms with Crippen LogP contribution in [-0.4, -0.2) is 27.2 Å². The fraction of sp³-hybridized carbons (Fsp3) is 0.240. The highest BCUT2D eigenvalue weighted by Crippen LogP contribution is 2.30. The summed E-state index contributed by atoms with van der Waals surface area (Å²) in [4.78, 5) is 12.9. The van der Waals surface area contributed by atoms with Crippen molar-refractivity contribution in [3.63, 3.8) is 0 Å². The Morgan fingerprint density at radius 3 is 2.19 bits per heavy atom. The third-order valence-electron chi connectivity index (χ3n) is 5.07. The van der Waals surface area contributed by atoms with Crippen LogP contribution in [0.2, 0.25) is 0 Å². The maximum absolute atomic E-state index is 12.9. The van der Waals surface area contributed by atoms with Crippen molar-refractivity contribution in [1.29, 1.82) is 0 Å². The van der Waals surface area contributed by atoms with Crippen LogP contribution in [0.1, 0.15) is 27.0 Å². The second-order valence-corrected chi connectivity index (χ2v) is 7.08. The largest absolute Gasteiger partial charge is 0.497 e. The molecule has 3 aromatic rings. The molecule has 0 saturated heterocycles. The lowest BCUT2D eigenvalue weighted by atomic mass is 10.1. The first-order valence-corrected chi connectivity index (χ1v) is 9.85. The molecular weight excluding hydrogens is 394 g/mol. The maximum Gasteiger partial charge on any atom is 0.255 e. The summed E-state index contributed by atoms with van der Waals surface area (Å²) in [7, 11) is 4.71. The first kappa shape index (κ1) is 22.0. The normalized spacial score (nSPS) is 10.4. The van der Waals surface area contributed by atoms with Crippen molar-refractivity contribution in [2.45, 2.75) is 20.5 Å². The molecule has 1 amide bonds. The third kappa shape index (κ3) is 5.28. The second kappa shape index (κ2) is 9.89. The molecule has 162 valence electrons. The van der Waals surface area contributed by atoms with Crippen molar-refractivity contribution in [3.05, 3.63) is 76.9 Å². The van der Waals surface area contributed by atoms with Gasteiger partial charge in [-0.05, 0) is 67.4 Å². The number of hydrogen-bond donors (Lipinski definition) is 1. The summed E-state index contributed by atoms with van der Waals surface area (Å²) in [5.41, 5.74) is 4.17. The molecule has 0 fully saturated rings. The van der Waals surface area contributed by atoms with Crippen LogP contribution in [-0.2, 0) is 6.61 Å². The lowest BCUT2D eigenvalue weighted by Crippen LogP contribution is -2.13. The molecule has 0 bridgehead atoms. The minimum Gasteiger partial charge on any atom is -0.497 e. The molecule has 0 atom stereocenters. The molecular formula is C25H27NO5. The number of methoxy groups -OCH3 is 3. The number of hydrogen-bond acceptors (Lipinski definition) is 5. The lowest BCUT2D eigenvalue weighted by Gasteiger charge is -2.14. The summed E-state index contributed by atoms with van der Waals surface area (Å²) in [6.07, 6.45) is 0. The average molecular weight is 421 g/mol. The fourth-order valence-corrected chi connectivity index (χ4v) is 3.09. The van der Waals surface area contributed by atoms with Gasteiger partial charge < -0.3 is 24.3 Å². The van der Waals surface area contributed by atoms with Gasteiger partial charge in [-0.3, -0.25) is 4.79 Å². The Morgan fingerprint density at radius 1 is 0.774 bits per heavy atom. The zero-order valence-corrected chi connectivity index (χ0v) is 18.4. The molecule has 0 aromatic heterocycles. The van der Waals surface area contributed by atoms with Crippen molar-refractivity contribution in [1.82, 2.24) is 0 Å². The molecule has 0 saturated carbocycles. The zero-order valence-electron chi connectivity index (χ0n) is 18.4. The molecule has 0 spiro atoms. The Labute approximate surface area is 182 Å². The van der Waals surface area contributed by atoms with Crippen LogP contribution in [0.4, 0.5) is 5.69 Å². The Kier molecular flexibility index (Phi) is 7.03. The van der Waals surface area contributed by atoms with E-state index in [0.717, 1.165) is 16.9 Å². The number of carbonyl (C=O) groups excluding carboxylic acids is 1. The van der Waals surface area contributed by atoms with E-state index in [1.165, 1.54) is 5.56 Å². The summed E-state index contributed by atoms with van der Waals surface area (Å²) in [5, 5.41) is 2.88. The number of rotatable bonds is 8. The van der Waals surface area contributed by atoms with Crippen LogP contribution in [0.15, 0.2) is 54.6 Å². The summed E-state index contributed by atoms with van der Waals surface area (Å²) < 4.78 is 21.9. The van der Waals surface area contributed by atoms with E-state index in [-0.39, 0.29) is 12.5 Å². The summed E-state index contributed by atoms with van der Waals surface area (Å²) in [6, 6.07) is 16.4. The molecule has 6 nitrogen and oxygen atoms in total. The third-order valence-corrected chi connectivity index (χ3v) is 5.07. The highest BCUT2D eigenvalue weighted by molar-refractivity contribution is 6.05. The number of benzene rings is 3. The van der Waals surface area contributed by atoms with Crippen LogP contribution in [0.5, 0.6) is 23.0 Å². The molecule has 31 heavy (non-hydrogen) atoms. The molecule has 3 aromatic carbocycles. The van der Waals surface area contributed by atoms with Crippen LogP contribution in [0, 0.1) is 13.8 Å². The van der Waals surface area contributed by atoms with Gasteiger partial charge in [0, 0.05) is 17.2 Å². The predicted octanol–water partition coefficient (Wildman–Crippen LogP) is 5.16. The van der Waals surface area contributed by atoms with E-state index in [0.29, 0.717) is 28.5 Å². The number of nitrogens with one attached hydrogen (secondary N) is 1. The molecule has 0 aliphatic heterocycles. The average Bonchev–Trinajstić information content (AvgIpc) is 2.79. The van der Waals surface area contributed by atoms with E-state index in [2.05, 4.69) is 12.2 Å². The van der Waals surface area contributed by atoms with Gasteiger partial charge in [-0.1, -0.05) is 6.07 Å². The minimum absolute atomic E-state index is 0.265. The highest BCUT2D eigenvalue weighted by atomic mass is 16.5. The van der Waals surface area contributed by atoms with Crippen molar-refractivity contribution in [3.8, 4) is 23.0 Å². The van der Waals surface area contributed by atoms with Crippen molar-refractivity contribution < 1.29 is 23.7 Å². The Morgan fingerprint density at radius 2 is 1.52 bits per heavy atom. The highest BCUT2D eigenvalue weighted by Gasteiger charge is 2.14. The van der Waals surface area contributed by atoms with Crippen molar-refractivity contribution in [2.24, 2.45) is 0 Å². The predicted molar refractivity (Wildman–Crippen MR) is 121 cm³/mol. The van der Waals surface area contributed by atoms with Gasteiger partial charge in [-0.2, -0.15) is 0 Å². The number of carbonyl (C=O) groups is 1. The molecule has 0 radical (unpaired) electrons. The molecule has 3 rings (SSSR count). The Hall–Kier alpha value is -3.67. The van der Waals surface area contributed by atoms with Gasteiger partial charge >= 0.3 is 0 Å². The molecule has 0 aliphatic rings. The summed E-state index contributed by atoms with van der Waals surface area (Å²) >= 11 is 0. The van der Waals surface area contributed by atoms with Crippen LogP contribution in [0.3, 0.4) is 0 Å². The molecule has 1 N–H and O–H groups in total. The topological polar surface area (TPSA) is 66.0 Å². The fourth-order valence-electron chi connectivity index (χ4n) is 3.09. The SMILES string of the molecule is COc1ccc(NC(=O)c2ccc(OC)c(COc3ccc(C)c(C)c3)c2)c(OC)c1. The molecule has 0 aliphatic carbocycles. The Bertz CT molecular complexity index is 1080. The molecule has 0 unspecified atom stereocenters. The number of anilines is 1. The van der Waals surface area contributed by atoms with Crippen LogP contribution < -0.4 is 24.3 Å². The van der Waals surface area contributed by atoms with Crippen molar-refractivity contribution >= 4 is 11.6 Å². The number of amides is 1. The maximum atomic E-state index is 12.9. The van der Waals surface area contributed by atoms with Gasteiger partial charge in [0.05, 0.1) is 27.0 Å². The van der Waals surface area contributed by atoms with E-state index < -0.39 is 0 Å². The number of ether oxygens (including phenoxy) is 4. The summed E-state index contributed by atoms with van der Waals surface area (Å²) in [6.45, 7) is 4.38. The monoisotopic (exact) mass is 421 g/mol. The first-order valence-electron chi connectivity index (χ1n) is 9.85. The lowest BCUT2D eigenvalue weighted by molar-refractivity contribution is 0.102. The van der Waals surface area contributed by atoms with E-state index in [1.54, 1.807) is 57.7 Å². The van der Waals surface area contributed by atoms with Crippen LogP contribution >= 0.6 is 0 Å². The molecule has 6 heteroatoms. The quantitative estimate of drug-likeness (QED) is 0.544. The Balaban J connectivity index is 1.79.